The second-order valence-electron chi connectivity index (χ2n) is 3.41. The van der Waals surface area contributed by atoms with Crippen molar-refractivity contribution in [3.05, 3.63) is 54.4 Å². The summed E-state index contributed by atoms with van der Waals surface area (Å²) in [5, 5.41) is 0.928. The number of rotatable bonds is 2. The van der Waals surface area contributed by atoms with Crippen LogP contribution in [0.4, 0.5) is 4.39 Å². The van der Waals surface area contributed by atoms with Crippen LogP contribution < -0.4 is 5.73 Å². The van der Waals surface area contributed by atoms with E-state index < -0.39 is 6.04 Å². The van der Waals surface area contributed by atoms with E-state index in [0.29, 0.717) is 15.6 Å². The first-order chi connectivity index (χ1) is 7.99. The second kappa shape index (κ2) is 5.24. The molecule has 0 bridgehead atoms. The van der Waals surface area contributed by atoms with Gasteiger partial charge in [-0.15, -0.1) is 11.3 Å². The van der Waals surface area contributed by atoms with E-state index in [1.807, 2.05) is 0 Å². The van der Waals surface area contributed by atoms with E-state index in [0.717, 1.165) is 8.66 Å². The van der Waals surface area contributed by atoms with Crippen LogP contribution in [0.25, 0.3) is 0 Å². The number of halogens is 4. The molecule has 1 atom stereocenters. The number of benzene rings is 1. The summed E-state index contributed by atoms with van der Waals surface area (Å²) in [6.07, 6.45) is 0. The molecule has 1 heterocycles. The van der Waals surface area contributed by atoms with Gasteiger partial charge < -0.3 is 5.73 Å². The van der Waals surface area contributed by atoms with Crippen LogP contribution in [0.3, 0.4) is 0 Å². The lowest BCUT2D eigenvalue weighted by Crippen LogP contribution is -2.10. The Morgan fingerprint density at radius 2 is 1.94 bits per heavy atom. The largest absolute Gasteiger partial charge is 0.320 e. The van der Waals surface area contributed by atoms with Gasteiger partial charge in [-0.05, 0) is 39.7 Å². The SMILES string of the molecule is NC(c1cc(Cl)c(Br)s1)c1ccc(F)cc1Cl. The van der Waals surface area contributed by atoms with Gasteiger partial charge in [0.25, 0.3) is 0 Å². The molecule has 1 aromatic carbocycles. The molecule has 2 aromatic rings. The Labute approximate surface area is 120 Å². The van der Waals surface area contributed by atoms with Gasteiger partial charge in [0.15, 0.2) is 0 Å². The molecule has 1 aromatic heterocycles. The predicted molar refractivity (Wildman–Crippen MR) is 74.5 cm³/mol. The Morgan fingerprint density at radius 1 is 1.24 bits per heavy atom. The fraction of sp³-hybridized carbons (Fsp3) is 0.0909. The standard InChI is InChI=1S/C11H7BrCl2FNS/c12-11-8(14)4-9(17-11)10(16)6-2-1-5(15)3-7(6)13/h1-4,10H,16H2. The highest BCUT2D eigenvalue weighted by Gasteiger charge is 2.16. The average Bonchev–Trinajstić information content (AvgIpc) is 2.58. The Morgan fingerprint density at radius 3 is 2.47 bits per heavy atom. The van der Waals surface area contributed by atoms with E-state index in [9.17, 15) is 4.39 Å². The summed E-state index contributed by atoms with van der Waals surface area (Å²) in [7, 11) is 0. The molecule has 2 N–H and O–H groups in total. The number of thiophene rings is 1. The van der Waals surface area contributed by atoms with Gasteiger partial charge in [-0.2, -0.15) is 0 Å². The van der Waals surface area contributed by atoms with Crippen molar-refractivity contribution in [2.24, 2.45) is 5.73 Å². The van der Waals surface area contributed by atoms with Crippen LogP contribution in [0, 0.1) is 5.82 Å². The van der Waals surface area contributed by atoms with Crippen molar-refractivity contribution in [3.8, 4) is 0 Å². The van der Waals surface area contributed by atoms with Gasteiger partial charge in [-0.25, -0.2) is 4.39 Å². The molecule has 2 rings (SSSR count). The molecule has 0 spiro atoms. The maximum atomic E-state index is 12.9. The summed E-state index contributed by atoms with van der Waals surface area (Å²) >= 11 is 16.7. The van der Waals surface area contributed by atoms with E-state index >= 15 is 0 Å². The first-order valence-electron chi connectivity index (χ1n) is 4.64. The molecule has 0 aliphatic rings. The molecular formula is C11H7BrCl2FNS. The molecule has 0 fully saturated rings. The predicted octanol–water partition coefficient (Wildman–Crippen LogP) is 5.00. The Hall–Kier alpha value is -0.130. The fourth-order valence-electron chi connectivity index (χ4n) is 1.42. The van der Waals surface area contributed by atoms with Crippen molar-refractivity contribution >= 4 is 50.5 Å². The lowest BCUT2D eigenvalue weighted by Gasteiger charge is -2.11. The lowest BCUT2D eigenvalue weighted by atomic mass is 10.1. The van der Waals surface area contributed by atoms with E-state index in [1.54, 1.807) is 12.1 Å². The number of hydrogen-bond acceptors (Lipinski definition) is 2. The van der Waals surface area contributed by atoms with Gasteiger partial charge in [-0.1, -0.05) is 29.3 Å². The highest BCUT2D eigenvalue weighted by atomic mass is 79.9. The zero-order chi connectivity index (χ0) is 12.6. The van der Waals surface area contributed by atoms with Gasteiger partial charge >= 0.3 is 0 Å². The molecule has 0 radical (unpaired) electrons. The molecule has 1 nitrogen and oxygen atoms in total. The Kier molecular flexibility index (Phi) is 4.10. The van der Waals surface area contributed by atoms with E-state index in [4.69, 9.17) is 28.9 Å². The lowest BCUT2D eigenvalue weighted by molar-refractivity contribution is 0.626. The van der Waals surface area contributed by atoms with Crippen molar-refractivity contribution in [1.29, 1.82) is 0 Å². The molecule has 17 heavy (non-hydrogen) atoms. The van der Waals surface area contributed by atoms with Crippen molar-refractivity contribution in [2.45, 2.75) is 6.04 Å². The zero-order valence-electron chi connectivity index (χ0n) is 8.38. The third-order valence-electron chi connectivity index (χ3n) is 2.27. The molecule has 90 valence electrons. The molecule has 0 aliphatic heterocycles. The van der Waals surface area contributed by atoms with Crippen molar-refractivity contribution in [3.63, 3.8) is 0 Å². The first kappa shape index (κ1) is 13.3. The average molecular weight is 355 g/mol. The first-order valence-corrected chi connectivity index (χ1v) is 7.01. The van der Waals surface area contributed by atoms with Crippen molar-refractivity contribution < 1.29 is 4.39 Å². The summed E-state index contributed by atoms with van der Waals surface area (Å²) in [6, 6.07) is 5.55. The monoisotopic (exact) mass is 353 g/mol. The van der Waals surface area contributed by atoms with Crippen LogP contribution in [0.2, 0.25) is 10.0 Å². The molecule has 0 saturated heterocycles. The summed E-state index contributed by atoms with van der Waals surface area (Å²) in [5.74, 6) is -0.378. The van der Waals surface area contributed by atoms with Crippen molar-refractivity contribution in [2.75, 3.05) is 0 Å². The minimum Gasteiger partial charge on any atom is -0.320 e. The van der Waals surface area contributed by atoms with Gasteiger partial charge in [-0.3, -0.25) is 0 Å². The molecule has 6 heteroatoms. The maximum absolute atomic E-state index is 12.9. The molecule has 1 unspecified atom stereocenters. The topological polar surface area (TPSA) is 26.0 Å². The fourth-order valence-corrected chi connectivity index (χ4v) is 3.48. The molecule has 0 saturated carbocycles. The Balaban J connectivity index is 2.39. The minimum atomic E-state index is -0.406. The van der Waals surface area contributed by atoms with Gasteiger partial charge in [0.05, 0.1) is 14.9 Å². The maximum Gasteiger partial charge on any atom is 0.124 e. The Bertz CT molecular complexity index is 539. The quantitative estimate of drug-likeness (QED) is 0.806. The molecular weight excluding hydrogens is 348 g/mol. The number of hydrogen-bond donors (Lipinski definition) is 1. The van der Waals surface area contributed by atoms with Gasteiger partial charge in [0, 0.05) is 9.90 Å². The third-order valence-corrected chi connectivity index (χ3v) is 5.15. The van der Waals surface area contributed by atoms with Crippen LogP contribution in [0.5, 0.6) is 0 Å². The van der Waals surface area contributed by atoms with Crippen LogP contribution in [0.15, 0.2) is 28.1 Å². The summed E-state index contributed by atoms with van der Waals surface area (Å²) in [4.78, 5) is 0.871. The zero-order valence-corrected chi connectivity index (χ0v) is 12.3. The van der Waals surface area contributed by atoms with Crippen LogP contribution in [0.1, 0.15) is 16.5 Å². The summed E-state index contributed by atoms with van der Waals surface area (Å²) in [5.41, 5.74) is 6.75. The second-order valence-corrected chi connectivity index (χ2v) is 6.63. The van der Waals surface area contributed by atoms with E-state index in [-0.39, 0.29) is 5.82 Å². The van der Waals surface area contributed by atoms with Gasteiger partial charge in [0.2, 0.25) is 0 Å². The van der Waals surface area contributed by atoms with E-state index in [1.165, 1.54) is 23.5 Å². The minimum absolute atomic E-state index is 0.318. The van der Waals surface area contributed by atoms with E-state index in [2.05, 4.69) is 15.9 Å². The summed E-state index contributed by atoms with van der Waals surface area (Å²) < 4.78 is 13.8. The van der Waals surface area contributed by atoms with Crippen LogP contribution in [-0.2, 0) is 0 Å². The number of nitrogens with two attached hydrogens (primary N) is 1. The molecule has 0 aliphatic carbocycles. The van der Waals surface area contributed by atoms with Crippen LogP contribution in [-0.4, -0.2) is 0 Å². The van der Waals surface area contributed by atoms with Gasteiger partial charge in [0.1, 0.15) is 5.82 Å². The summed E-state index contributed by atoms with van der Waals surface area (Å²) in [6.45, 7) is 0. The van der Waals surface area contributed by atoms with Crippen molar-refractivity contribution in [1.82, 2.24) is 0 Å². The highest BCUT2D eigenvalue weighted by molar-refractivity contribution is 9.11. The third kappa shape index (κ3) is 2.83. The normalized spacial score (nSPS) is 12.8. The van der Waals surface area contributed by atoms with Crippen LogP contribution >= 0.6 is 50.5 Å². The molecule has 0 amide bonds. The smallest absolute Gasteiger partial charge is 0.124 e. The highest BCUT2D eigenvalue weighted by Crippen LogP contribution is 2.37.